The highest BCUT2D eigenvalue weighted by Gasteiger charge is 2.40. The molecule has 3 rings (SSSR count). The topological polar surface area (TPSA) is 115 Å². The molecule has 8 nitrogen and oxygen atoms in total. The summed E-state index contributed by atoms with van der Waals surface area (Å²) in [7, 11) is -10.5. The van der Waals surface area contributed by atoms with Gasteiger partial charge in [0.15, 0.2) is 4.90 Å². The molecule has 0 saturated carbocycles. The van der Waals surface area contributed by atoms with Crippen molar-refractivity contribution in [1.82, 2.24) is 0 Å². The predicted octanol–water partition coefficient (Wildman–Crippen LogP) is 4.11. The average Bonchev–Trinajstić information content (AvgIpc) is 2.68. The van der Waals surface area contributed by atoms with Gasteiger partial charge in [-0.25, -0.2) is 17.2 Å². The highest BCUT2D eigenvalue weighted by atomic mass is 35.5. The average molecular weight is 489 g/mol. The van der Waals surface area contributed by atoms with Gasteiger partial charge >= 0.3 is 0 Å². The summed E-state index contributed by atoms with van der Waals surface area (Å²) in [5.41, 5.74) is -1.27. The van der Waals surface area contributed by atoms with E-state index in [1.54, 1.807) is 0 Å². The third-order valence-corrected chi connectivity index (χ3v) is 8.54. The van der Waals surface area contributed by atoms with E-state index in [0.29, 0.717) is 18.2 Å². The van der Waals surface area contributed by atoms with Gasteiger partial charge in [0.1, 0.15) is 16.7 Å². The maximum atomic E-state index is 14.3. The molecule has 31 heavy (non-hydrogen) atoms. The van der Waals surface area contributed by atoms with Crippen LogP contribution in [0.1, 0.15) is 0 Å². The molecule has 0 atom stereocenters. The third-order valence-electron chi connectivity index (χ3n) is 3.99. The second kappa shape index (κ2) is 8.21. The molecule has 3 aromatic carbocycles. The van der Waals surface area contributed by atoms with Crippen LogP contribution in [0.3, 0.4) is 0 Å². The molecule has 0 aliphatic rings. The van der Waals surface area contributed by atoms with Crippen LogP contribution in [0.15, 0.2) is 76.5 Å². The molecular formula is C18H11ClF2N2O6S2. The van der Waals surface area contributed by atoms with Crippen LogP contribution in [0.4, 0.5) is 20.2 Å². The number of benzene rings is 3. The molecule has 0 N–H and O–H groups in total. The Morgan fingerprint density at radius 2 is 1.42 bits per heavy atom. The number of hydrogen-bond acceptors (Lipinski definition) is 6. The number of anilines is 1. The third kappa shape index (κ3) is 4.09. The molecule has 0 aliphatic heterocycles. The van der Waals surface area contributed by atoms with Gasteiger partial charge in [0.2, 0.25) is 0 Å². The Balaban J connectivity index is 2.34. The number of rotatable bonds is 6. The molecule has 0 fully saturated rings. The van der Waals surface area contributed by atoms with Crippen LogP contribution in [-0.4, -0.2) is 21.8 Å². The minimum absolute atomic E-state index is 0.186. The maximum absolute atomic E-state index is 14.3. The maximum Gasteiger partial charge on any atom is 0.289 e. The molecule has 3 aromatic rings. The van der Waals surface area contributed by atoms with Crippen molar-refractivity contribution in [3.05, 3.63) is 93.5 Å². The van der Waals surface area contributed by atoms with Crippen LogP contribution in [0.25, 0.3) is 0 Å². The summed E-state index contributed by atoms with van der Waals surface area (Å²) in [6, 6.07) is 10.7. The fourth-order valence-electron chi connectivity index (χ4n) is 2.66. The van der Waals surface area contributed by atoms with Gasteiger partial charge in [-0.2, -0.15) is 12.1 Å². The molecule has 0 bridgehead atoms. The lowest BCUT2D eigenvalue weighted by atomic mass is 10.3. The first-order valence-electron chi connectivity index (χ1n) is 8.21. The van der Waals surface area contributed by atoms with Gasteiger partial charge in [0, 0.05) is 6.07 Å². The monoisotopic (exact) mass is 488 g/mol. The van der Waals surface area contributed by atoms with E-state index in [4.69, 9.17) is 11.6 Å². The molecule has 0 unspecified atom stereocenters. The van der Waals surface area contributed by atoms with Gasteiger partial charge in [-0.1, -0.05) is 35.9 Å². The van der Waals surface area contributed by atoms with Gasteiger partial charge in [0.25, 0.3) is 25.7 Å². The molecule has 0 amide bonds. The van der Waals surface area contributed by atoms with E-state index in [1.165, 1.54) is 18.2 Å². The van der Waals surface area contributed by atoms with Crippen LogP contribution in [0.2, 0.25) is 5.02 Å². The van der Waals surface area contributed by atoms with E-state index in [2.05, 4.69) is 0 Å². The van der Waals surface area contributed by atoms with Crippen LogP contribution in [0, 0.1) is 21.7 Å². The molecule has 0 heterocycles. The van der Waals surface area contributed by atoms with E-state index < -0.39 is 62.8 Å². The molecule has 0 aromatic heterocycles. The van der Waals surface area contributed by atoms with Crippen molar-refractivity contribution in [1.29, 1.82) is 0 Å². The Morgan fingerprint density at radius 3 is 1.97 bits per heavy atom. The number of sulfonamides is 2. The first-order valence-corrected chi connectivity index (χ1v) is 11.5. The SMILES string of the molecule is O=[N+]([O-])c1cc(S(=O)(=O)N(c2ccccc2)S(=O)(=O)c2c(F)cccc2F)ccc1Cl. The number of nitro groups is 1. The van der Waals surface area contributed by atoms with Crippen molar-refractivity contribution in [3.63, 3.8) is 0 Å². The van der Waals surface area contributed by atoms with Crippen molar-refractivity contribution in [2.24, 2.45) is 0 Å². The minimum Gasteiger partial charge on any atom is -0.258 e. The smallest absolute Gasteiger partial charge is 0.258 e. The molecular weight excluding hydrogens is 478 g/mol. The lowest BCUT2D eigenvalue weighted by Crippen LogP contribution is -2.38. The Kier molecular flexibility index (Phi) is 5.98. The molecule has 13 heteroatoms. The Hall–Kier alpha value is -3.09. The fourth-order valence-corrected chi connectivity index (χ4v) is 6.64. The lowest BCUT2D eigenvalue weighted by molar-refractivity contribution is -0.384. The zero-order valence-corrected chi connectivity index (χ0v) is 17.5. The van der Waals surface area contributed by atoms with E-state index in [0.717, 1.165) is 30.3 Å². The zero-order chi connectivity index (χ0) is 23.0. The molecule has 0 radical (unpaired) electrons. The Labute approximate surface area is 180 Å². The summed E-state index contributed by atoms with van der Waals surface area (Å²) in [5, 5.41) is 10.8. The standard InChI is InChI=1S/C18H11ClF2N2O6S2/c19-14-10-9-13(11-17(14)22(24)25)30(26,27)23(12-5-2-1-3-6-12)31(28,29)18-15(20)7-4-8-16(18)21/h1-11H. The first-order chi connectivity index (χ1) is 14.5. The number of nitrogens with zero attached hydrogens (tertiary/aromatic N) is 2. The fraction of sp³-hybridized carbons (Fsp3) is 0. The van der Waals surface area contributed by atoms with E-state index >= 15 is 0 Å². The number of para-hydroxylation sites is 1. The van der Waals surface area contributed by atoms with Crippen molar-refractivity contribution >= 4 is 43.0 Å². The highest BCUT2D eigenvalue weighted by molar-refractivity contribution is 8.10. The van der Waals surface area contributed by atoms with Crippen LogP contribution in [0.5, 0.6) is 0 Å². The van der Waals surface area contributed by atoms with Crippen molar-refractivity contribution in [3.8, 4) is 0 Å². The van der Waals surface area contributed by atoms with E-state index in [-0.39, 0.29) is 3.71 Å². The summed E-state index contributed by atoms with van der Waals surface area (Å²) in [5.74, 6) is -3.03. The summed E-state index contributed by atoms with van der Waals surface area (Å²) in [4.78, 5) is 7.86. The van der Waals surface area contributed by atoms with Gasteiger partial charge in [0.05, 0.1) is 15.5 Å². The highest BCUT2D eigenvalue weighted by Crippen LogP contribution is 2.35. The van der Waals surface area contributed by atoms with Gasteiger partial charge in [-0.15, -0.1) is 0 Å². The summed E-state index contributed by atoms with van der Waals surface area (Å²) in [6.45, 7) is 0. The largest absolute Gasteiger partial charge is 0.289 e. The number of nitro benzene ring substituents is 1. The molecule has 162 valence electrons. The molecule has 0 spiro atoms. The first kappa shape index (κ1) is 22.6. The lowest BCUT2D eigenvalue weighted by Gasteiger charge is -2.24. The quantitative estimate of drug-likeness (QED) is 0.381. The van der Waals surface area contributed by atoms with Crippen LogP contribution < -0.4 is 3.71 Å². The van der Waals surface area contributed by atoms with Gasteiger partial charge in [-0.3, -0.25) is 10.1 Å². The van der Waals surface area contributed by atoms with Crippen molar-refractivity contribution in [2.45, 2.75) is 9.79 Å². The Morgan fingerprint density at radius 1 is 0.839 bits per heavy atom. The summed E-state index contributed by atoms with van der Waals surface area (Å²) >= 11 is 5.70. The minimum atomic E-state index is -5.37. The molecule has 0 aliphatic carbocycles. The Bertz CT molecular complexity index is 1360. The second-order valence-electron chi connectivity index (χ2n) is 5.96. The van der Waals surface area contributed by atoms with E-state index in [9.17, 15) is 35.7 Å². The van der Waals surface area contributed by atoms with Crippen LogP contribution in [-0.2, 0) is 20.0 Å². The zero-order valence-electron chi connectivity index (χ0n) is 15.1. The summed E-state index contributed by atoms with van der Waals surface area (Å²) < 4.78 is 81.4. The number of hydrogen-bond donors (Lipinski definition) is 0. The second-order valence-corrected chi connectivity index (χ2v) is 10.1. The van der Waals surface area contributed by atoms with Crippen molar-refractivity contribution in [2.75, 3.05) is 3.71 Å². The van der Waals surface area contributed by atoms with Gasteiger partial charge < -0.3 is 0 Å². The van der Waals surface area contributed by atoms with Gasteiger partial charge in [-0.05, 0) is 36.4 Å². The predicted molar refractivity (Wildman–Crippen MR) is 108 cm³/mol. The van der Waals surface area contributed by atoms with E-state index in [1.807, 2.05) is 0 Å². The number of halogens is 3. The van der Waals surface area contributed by atoms with Crippen molar-refractivity contribution < 1.29 is 30.5 Å². The molecule has 0 saturated heterocycles. The summed E-state index contributed by atoms with van der Waals surface area (Å²) in [6.07, 6.45) is 0. The van der Waals surface area contributed by atoms with Crippen LogP contribution >= 0.6 is 11.6 Å². The normalized spacial score (nSPS) is 11.8.